The van der Waals surface area contributed by atoms with Gasteiger partial charge in [0.05, 0.1) is 10.6 Å². The number of ether oxygens (including phenoxy) is 1. The van der Waals surface area contributed by atoms with Crippen molar-refractivity contribution in [1.82, 2.24) is 10.4 Å². The van der Waals surface area contributed by atoms with Crippen LogP contribution in [0.4, 0.5) is 9.18 Å². The molecule has 0 unspecified atom stereocenters. The molecule has 0 saturated carbocycles. The van der Waals surface area contributed by atoms with Crippen molar-refractivity contribution in [2.24, 2.45) is 0 Å². The van der Waals surface area contributed by atoms with Crippen LogP contribution in [0.5, 0.6) is 0 Å². The topological polar surface area (TPSA) is 58.6 Å². The third kappa shape index (κ3) is 4.38. The lowest BCUT2D eigenvalue weighted by atomic mass is 10.2. The maximum absolute atomic E-state index is 13.6. The van der Waals surface area contributed by atoms with E-state index in [2.05, 4.69) is 5.43 Å². The van der Waals surface area contributed by atoms with Crippen LogP contribution in [0.15, 0.2) is 18.2 Å². The predicted molar refractivity (Wildman–Crippen MR) is 72.9 cm³/mol. The first kappa shape index (κ1) is 16.2. The first-order valence-electron chi connectivity index (χ1n) is 5.83. The molecule has 0 bridgehead atoms. The van der Waals surface area contributed by atoms with Crippen LogP contribution in [0.3, 0.4) is 0 Å². The molecule has 0 saturated heterocycles. The molecule has 1 aromatic carbocycles. The number of carbonyl (C=O) groups is 2. The Labute approximate surface area is 121 Å². The molecule has 110 valence electrons. The van der Waals surface area contributed by atoms with E-state index < -0.39 is 23.4 Å². The molecule has 0 atom stereocenters. The maximum Gasteiger partial charge on any atom is 0.426 e. The summed E-state index contributed by atoms with van der Waals surface area (Å²) in [6, 6.07) is 3.88. The van der Waals surface area contributed by atoms with Gasteiger partial charge in [-0.2, -0.15) is 0 Å². The maximum atomic E-state index is 13.6. The minimum absolute atomic E-state index is 0.0344. The molecule has 0 spiro atoms. The molecule has 0 fully saturated rings. The molecule has 0 aromatic heterocycles. The Bertz CT molecular complexity index is 509. The third-order valence-electron chi connectivity index (χ3n) is 2.14. The lowest BCUT2D eigenvalue weighted by Gasteiger charge is -2.23. The van der Waals surface area contributed by atoms with E-state index in [-0.39, 0.29) is 10.6 Å². The van der Waals surface area contributed by atoms with Crippen LogP contribution in [-0.4, -0.2) is 29.7 Å². The average Bonchev–Trinajstić information content (AvgIpc) is 2.25. The van der Waals surface area contributed by atoms with E-state index in [1.807, 2.05) is 0 Å². The zero-order valence-corrected chi connectivity index (χ0v) is 12.4. The van der Waals surface area contributed by atoms with Gasteiger partial charge in [-0.05, 0) is 32.9 Å². The molecule has 0 radical (unpaired) electrons. The van der Waals surface area contributed by atoms with Crippen LogP contribution in [0.2, 0.25) is 5.02 Å². The van der Waals surface area contributed by atoms with Gasteiger partial charge in [-0.3, -0.25) is 9.80 Å². The number of hydrazine groups is 1. The highest BCUT2D eigenvalue weighted by Gasteiger charge is 2.23. The lowest BCUT2D eigenvalue weighted by molar-refractivity contribution is 0.0333. The van der Waals surface area contributed by atoms with Crippen molar-refractivity contribution >= 4 is 23.6 Å². The highest BCUT2D eigenvalue weighted by molar-refractivity contribution is 6.33. The SMILES string of the molecule is CN(NC(=O)OC(C)(C)C)C(=O)c1c(F)cccc1Cl. The van der Waals surface area contributed by atoms with E-state index in [9.17, 15) is 14.0 Å². The Morgan fingerprint density at radius 2 is 1.95 bits per heavy atom. The number of amides is 2. The Morgan fingerprint density at radius 1 is 1.35 bits per heavy atom. The van der Waals surface area contributed by atoms with Gasteiger partial charge in [-0.1, -0.05) is 17.7 Å². The lowest BCUT2D eigenvalue weighted by Crippen LogP contribution is -2.45. The number of rotatable bonds is 1. The summed E-state index contributed by atoms with van der Waals surface area (Å²) in [5.41, 5.74) is 1.17. The molecule has 7 heteroatoms. The Morgan fingerprint density at radius 3 is 2.45 bits per heavy atom. The summed E-state index contributed by atoms with van der Waals surface area (Å²) in [6.07, 6.45) is -0.819. The minimum Gasteiger partial charge on any atom is -0.443 e. The summed E-state index contributed by atoms with van der Waals surface area (Å²) in [5, 5.41) is 0.783. The molecule has 1 N–H and O–H groups in total. The molecular formula is C13H16ClFN2O3. The highest BCUT2D eigenvalue weighted by atomic mass is 35.5. The average molecular weight is 303 g/mol. The van der Waals surface area contributed by atoms with Crippen LogP contribution in [0.25, 0.3) is 0 Å². The fraction of sp³-hybridized carbons (Fsp3) is 0.385. The fourth-order valence-corrected chi connectivity index (χ4v) is 1.60. The normalized spacial score (nSPS) is 10.9. The van der Waals surface area contributed by atoms with Gasteiger partial charge in [0.1, 0.15) is 11.4 Å². The summed E-state index contributed by atoms with van der Waals surface area (Å²) in [4.78, 5) is 23.5. The van der Waals surface area contributed by atoms with Crippen LogP contribution >= 0.6 is 11.6 Å². The van der Waals surface area contributed by atoms with Gasteiger partial charge in [0.15, 0.2) is 0 Å². The first-order chi connectivity index (χ1) is 9.11. The van der Waals surface area contributed by atoms with Gasteiger partial charge in [0, 0.05) is 7.05 Å². The molecule has 1 rings (SSSR count). The summed E-state index contributed by atoms with van der Waals surface area (Å²) < 4.78 is 18.6. The third-order valence-corrected chi connectivity index (χ3v) is 2.45. The fourth-order valence-electron chi connectivity index (χ4n) is 1.36. The molecular weight excluding hydrogens is 287 g/mol. The number of benzene rings is 1. The number of hydrogen-bond acceptors (Lipinski definition) is 3. The number of hydrogen-bond donors (Lipinski definition) is 1. The summed E-state index contributed by atoms with van der Waals surface area (Å²) in [7, 11) is 1.27. The van der Waals surface area contributed by atoms with E-state index in [1.165, 1.54) is 19.2 Å². The molecule has 0 aliphatic heterocycles. The van der Waals surface area contributed by atoms with Gasteiger partial charge in [-0.25, -0.2) is 14.6 Å². The van der Waals surface area contributed by atoms with Gasteiger partial charge < -0.3 is 4.74 Å². The predicted octanol–water partition coefficient (Wildman–Crippen LogP) is 2.99. The van der Waals surface area contributed by atoms with Crippen LogP contribution in [0, 0.1) is 5.82 Å². The largest absolute Gasteiger partial charge is 0.443 e. The van der Waals surface area contributed by atoms with Crippen molar-refractivity contribution in [2.45, 2.75) is 26.4 Å². The monoisotopic (exact) mass is 302 g/mol. The van der Waals surface area contributed by atoms with Crippen LogP contribution < -0.4 is 5.43 Å². The van der Waals surface area contributed by atoms with Crippen molar-refractivity contribution in [3.05, 3.63) is 34.6 Å². The number of carbonyl (C=O) groups excluding carboxylic acids is 2. The zero-order chi connectivity index (χ0) is 15.5. The highest BCUT2D eigenvalue weighted by Crippen LogP contribution is 2.20. The molecule has 0 aliphatic carbocycles. The molecule has 0 heterocycles. The van der Waals surface area contributed by atoms with Gasteiger partial charge in [-0.15, -0.1) is 0 Å². The second kappa shape index (κ2) is 6.09. The van der Waals surface area contributed by atoms with Crippen LogP contribution in [0.1, 0.15) is 31.1 Å². The van der Waals surface area contributed by atoms with E-state index in [0.717, 1.165) is 11.1 Å². The number of nitrogens with one attached hydrogen (secondary N) is 1. The van der Waals surface area contributed by atoms with E-state index in [4.69, 9.17) is 16.3 Å². The first-order valence-corrected chi connectivity index (χ1v) is 6.21. The zero-order valence-electron chi connectivity index (χ0n) is 11.7. The standard InChI is InChI=1S/C13H16ClFN2O3/c1-13(2,3)20-12(19)16-17(4)11(18)10-8(14)6-5-7-9(10)15/h5-7H,1-4H3,(H,16,19). The number of halogens is 2. The van der Waals surface area contributed by atoms with Crippen molar-refractivity contribution < 1.29 is 18.7 Å². The summed E-state index contributed by atoms with van der Waals surface area (Å²) >= 11 is 5.78. The second-order valence-electron chi connectivity index (χ2n) is 5.07. The van der Waals surface area contributed by atoms with Crippen molar-refractivity contribution in [3.8, 4) is 0 Å². The van der Waals surface area contributed by atoms with Crippen molar-refractivity contribution in [2.75, 3.05) is 7.05 Å². The summed E-state index contributed by atoms with van der Waals surface area (Å²) in [6.45, 7) is 5.05. The molecule has 2 amide bonds. The van der Waals surface area contributed by atoms with Gasteiger partial charge in [0.2, 0.25) is 0 Å². The summed E-state index contributed by atoms with van der Waals surface area (Å²) in [5.74, 6) is -1.54. The molecule has 5 nitrogen and oxygen atoms in total. The minimum atomic E-state index is -0.819. The Balaban J connectivity index is 2.80. The molecule has 20 heavy (non-hydrogen) atoms. The quantitative estimate of drug-likeness (QED) is 0.811. The molecule has 0 aliphatic rings. The van der Waals surface area contributed by atoms with Crippen molar-refractivity contribution in [1.29, 1.82) is 0 Å². The van der Waals surface area contributed by atoms with E-state index in [0.29, 0.717) is 0 Å². The molecule has 1 aromatic rings. The number of nitrogens with zero attached hydrogens (tertiary/aromatic N) is 1. The second-order valence-corrected chi connectivity index (χ2v) is 5.48. The van der Waals surface area contributed by atoms with Crippen molar-refractivity contribution in [3.63, 3.8) is 0 Å². The smallest absolute Gasteiger partial charge is 0.426 e. The van der Waals surface area contributed by atoms with Gasteiger partial charge in [0.25, 0.3) is 5.91 Å². The van der Waals surface area contributed by atoms with Gasteiger partial charge >= 0.3 is 6.09 Å². The van der Waals surface area contributed by atoms with Crippen LogP contribution in [-0.2, 0) is 4.74 Å². The van der Waals surface area contributed by atoms with E-state index in [1.54, 1.807) is 20.8 Å². The Hall–Kier alpha value is -1.82. The van der Waals surface area contributed by atoms with E-state index >= 15 is 0 Å². The Kier molecular flexibility index (Phi) is 4.94.